The third-order valence-corrected chi connectivity index (χ3v) is 3.43. The van der Waals surface area contributed by atoms with Crippen LogP contribution >= 0.6 is 0 Å². The van der Waals surface area contributed by atoms with Gasteiger partial charge in [0, 0.05) is 24.7 Å². The van der Waals surface area contributed by atoms with Crippen molar-refractivity contribution in [1.82, 2.24) is 10.2 Å². The largest absolute Gasteiger partial charge is 0.379 e. The van der Waals surface area contributed by atoms with Gasteiger partial charge in [0.1, 0.15) is 0 Å². The number of ether oxygens (including phenoxy) is 1. The zero-order chi connectivity index (χ0) is 12.2. The van der Waals surface area contributed by atoms with Crippen molar-refractivity contribution in [2.75, 3.05) is 32.8 Å². The van der Waals surface area contributed by atoms with Crippen molar-refractivity contribution in [3.8, 4) is 0 Å². The summed E-state index contributed by atoms with van der Waals surface area (Å²) in [4.78, 5) is 2.50. The number of hydrogen-bond donors (Lipinski definition) is 1. The topological polar surface area (TPSA) is 24.5 Å². The van der Waals surface area contributed by atoms with Gasteiger partial charge < -0.3 is 10.1 Å². The first-order chi connectivity index (χ1) is 7.50. The van der Waals surface area contributed by atoms with Crippen LogP contribution in [0.1, 0.15) is 27.7 Å². The molecule has 0 aromatic heterocycles. The first-order valence-corrected chi connectivity index (χ1v) is 6.21. The van der Waals surface area contributed by atoms with Gasteiger partial charge in [-0.05, 0) is 27.3 Å². The normalized spacial score (nSPS) is 20.8. The highest BCUT2D eigenvalue weighted by atomic mass is 16.5. The molecule has 0 radical (unpaired) electrons. The van der Waals surface area contributed by atoms with E-state index >= 15 is 0 Å². The molecule has 0 amide bonds. The SMILES string of the molecule is C=C(C)C(NCC)C(C)(C)N1CCOCC1. The van der Waals surface area contributed by atoms with Crippen LogP contribution in [0.5, 0.6) is 0 Å². The predicted octanol–water partition coefficient (Wildman–Crippen LogP) is 1.65. The molecular formula is C13H26N2O. The van der Waals surface area contributed by atoms with Gasteiger partial charge in [-0.25, -0.2) is 0 Å². The van der Waals surface area contributed by atoms with Gasteiger partial charge in [0.2, 0.25) is 0 Å². The third-order valence-electron chi connectivity index (χ3n) is 3.43. The highest BCUT2D eigenvalue weighted by Crippen LogP contribution is 2.24. The van der Waals surface area contributed by atoms with E-state index in [0.29, 0.717) is 6.04 Å². The van der Waals surface area contributed by atoms with Crippen LogP contribution in [0, 0.1) is 0 Å². The van der Waals surface area contributed by atoms with Gasteiger partial charge in [-0.3, -0.25) is 4.90 Å². The molecule has 1 N–H and O–H groups in total. The fourth-order valence-corrected chi connectivity index (χ4v) is 2.55. The molecule has 1 saturated heterocycles. The molecule has 1 unspecified atom stereocenters. The Balaban J connectivity index is 2.74. The molecule has 16 heavy (non-hydrogen) atoms. The van der Waals surface area contributed by atoms with Gasteiger partial charge in [-0.15, -0.1) is 0 Å². The van der Waals surface area contributed by atoms with E-state index in [1.165, 1.54) is 5.57 Å². The average molecular weight is 226 g/mol. The molecule has 0 spiro atoms. The van der Waals surface area contributed by atoms with Crippen molar-refractivity contribution in [2.24, 2.45) is 0 Å². The summed E-state index contributed by atoms with van der Waals surface area (Å²) in [6.07, 6.45) is 0. The smallest absolute Gasteiger partial charge is 0.0594 e. The van der Waals surface area contributed by atoms with Crippen LogP contribution in [0.4, 0.5) is 0 Å². The molecule has 1 rings (SSSR count). The standard InChI is InChI=1S/C13H26N2O/c1-6-14-12(11(2)3)13(4,5)15-7-9-16-10-8-15/h12,14H,2,6-10H2,1,3-5H3. The Morgan fingerprint density at radius 3 is 2.44 bits per heavy atom. The van der Waals surface area contributed by atoms with Gasteiger partial charge in [-0.2, -0.15) is 0 Å². The average Bonchev–Trinajstić information content (AvgIpc) is 2.26. The van der Waals surface area contributed by atoms with Gasteiger partial charge >= 0.3 is 0 Å². The van der Waals surface area contributed by atoms with Crippen molar-refractivity contribution in [3.63, 3.8) is 0 Å². The summed E-state index contributed by atoms with van der Waals surface area (Å²) in [5.41, 5.74) is 1.31. The lowest BCUT2D eigenvalue weighted by Crippen LogP contribution is -2.60. The molecular weight excluding hydrogens is 200 g/mol. The fourth-order valence-electron chi connectivity index (χ4n) is 2.55. The molecule has 1 heterocycles. The maximum Gasteiger partial charge on any atom is 0.0594 e. The lowest BCUT2D eigenvalue weighted by molar-refractivity contribution is -0.0186. The maximum atomic E-state index is 5.41. The summed E-state index contributed by atoms with van der Waals surface area (Å²) in [5.74, 6) is 0. The van der Waals surface area contributed by atoms with E-state index in [4.69, 9.17) is 4.74 Å². The number of hydrogen-bond acceptors (Lipinski definition) is 3. The van der Waals surface area contributed by atoms with Gasteiger partial charge in [0.05, 0.1) is 13.2 Å². The van der Waals surface area contributed by atoms with Crippen molar-refractivity contribution in [1.29, 1.82) is 0 Å². The zero-order valence-corrected chi connectivity index (χ0v) is 11.2. The van der Waals surface area contributed by atoms with E-state index < -0.39 is 0 Å². The summed E-state index contributed by atoms with van der Waals surface area (Å²) in [6, 6.07) is 0.343. The van der Waals surface area contributed by atoms with Crippen LogP contribution in [-0.2, 0) is 4.74 Å². The minimum absolute atomic E-state index is 0.103. The van der Waals surface area contributed by atoms with Crippen LogP contribution in [0.15, 0.2) is 12.2 Å². The molecule has 1 atom stereocenters. The molecule has 0 aliphatic carbocycles. The minimum atomic E-state index is 0.103. The maximum absolute atomic E-state index is 5.41. The monoisotopic (exact) mass is 226 g/mol. The number of likely N-dealkylation sites (N-methyl/N-ethyl adjacent to an activating group) is 1. The Labute approximate surface area is 99.8 Å². The number of morpholine rings is 1. The second-order valence-electron chi connectivity index (χ2n) is 5.09. The lowest BCUT2D eigenvalue weighted by atomic mass is 9.87. The predicted molar refractivity (Wildman–Crippen MR) is 68.7 cm³/mol. The van der Waals surface area contributed by atoms with Crippen LogP contribution in [0.25, 0.3) is 0 Å². The number of nitrogens with zero attached hydrogens (tertiary/aromatic N) is 1. The Morgan fingerprint density at radius 2 is 2.00 bits per heavy atom. The molecule has 3 nitrogen and oxygen atoms in total. The van der Waals surface area contributed by atoms with Gasteiger partial charge in [0.15, 0.2) is 0 Å². The number of nitrogens with one attached hydrogen (secondary N) is 1. The lowest BCUT2D eigenvalue weighted by Gasteiger charge is -2.46. The molecule has 0 saturated carbocycles. The van der Waals surface area contributed by atoms with Gasteiger partial charge in [-0.1, -0.05) is 19.1 Å². The minimum Gasteiger partial charge on any atom is -0.379 e. The summed E-state index contributed by atoms with van der Waals surface area (Å²) in [7, 11) is 0. The zero-order valence-electron chi connectivity index (χ0n) is 11.2. The second kappa shape index (κ2) is 5.80. The molecule has 1 aliphatic heterocycles. The molecule has 1 aliphatic rings. The van der Waals surface area contributed by atoms with Gasteiger partial charge in [0.25, 0.3) is 0 Å². The molecule has 0 bridgehead atoms. The van der Waals surface area contributed by atoms with Crippen molar-refractivity contribution in [3.05, 3.63) is 12.2 Å². The van der Waals surface area contributed by atoms with Crippen LogP contribution < -0.4 is 5.32 Å². The first-order valence-electron chi connectivity index (χ1n) is 6.21. The van der Waals surface area contributed by atoms with E-state index in [1.54, 1.807) is 0 Å². The fraction of sp³-hybridized carbons (Fsp3) is 0.846. The van der Waals surface area contributed by atoms with Crippen LogP contribution in [0.2, 0.25) is 0 Å². The summed E-state index contributed by atoms with van der Waals surface area (Å²) >= 11 is 0. The van der Waals surface area contributed by atoms with Crippen molar-refractivity contribution >= 4 is 0 Å². The second-order valence-corrected chi connectivity index (χ2v) is 5.09. The van der Waals surface area contributed by atoms with E-state index in [9.17, 15) is 0 Å². The molecule has 94 valence electrons. The summed E-state index contributed by atoms with van der Waals surface area (Å²) < 4.78 is 5.41. The summed E-state index contributed by atoms with van der Waals surface area (Å²) in [6.45, 7) is 17.7. The highest BCUT2D eigenvalue weighted by molar-refractivity contribution is 5.12. The van der Waals surface area contributed by atoms with E-state index in [1.807, 2.05) is 0 Å². The van der Waals surface area contributed by atoms with E-state index in [0.717, 1.165) is 32.8 Å². The quantitative estimate of drug-likeness (QED) is 0.721. The highest BCUT2D eigenvalue weighted by Gasteiger charge is 2.35. The molecule has 3 heteroatoms. The Hall–Kier alpha value is -0.380. The number of rotatable bonds is 5. The first kappa shape index (κ1) is 13.7. The molecule has 1 fully saturated rings. The van der Waals surface area contributed by atoms with E-state index in [2.05, 4.69) is 44.5 Å². The van der Waals surface area contributed by atoms with E-state index in [-0.39, 0.29) is 5.54 Å². The Morgan fingerprint density at radius 1 is 1.44 bits per heavy atom. The Kier molecular flexibility index (Phi) is 4.96. The van der Waals surface area contributed by atoms with Crippen molar-refractivity contribution < 1.29 is 4.74 Å². The summed E-state index contributed by atoms with van der Waals surface area (Å²) in [5, 5.41) is 3.54. The molecule has 0 aromatic rings. The molecule has 0 aromatic carbocycles. The van der Waals surface area contributed by atoms with Crippen LogP contribution in [0.3, 0.4) is 0 Å². The van der Waals surface area contributed by atoms with Crippen LogP contribution in [-0.4, -0.2) is 49.3 Å². The Bertz CT molecular complexity index is 232. The third kappa shape index (κ3) is 3.06. The van der Waals surface area contributed by atoms with Crippen molar-refractivity contribution in [2.45, 2.75) is 39.3 Å².